The number of nitrogens with one attached hydrogen (secondary N) is 1. The lowest BCUT2D eigenvalue weighted by molar-refractivity contribution is 0.304. The van der Waals surface area contributed by atoms with Gasteiger partial charge in [0.15, 0.2) is 0 Å². The largest absolute Gasteiger partial charge is 0.346 e. The fourth-order valence-electron chi connectivity index (χ4n) is 3.11. The number of aryl methyl sites for hydroxylation is 1. The molecule has 0 bridgehead atoms. The number of aromatic amines is 1. The number of hydrogen-bond acceptors (Lipinski definition) is 2. The molecule has 0 radical (unpaired) electrons. The van der Waals surface area contributed by atoms with Crippen LogP contribution in [0, 0.1) is 11.3 Å². The van der Waals surface area contributed by atoms with Crippen molar-refractivity contribution in [3.05, 3.63) is 17.2 Å². The van der Waals surface area contributed by atoms with E-state index in [9.17, 15) is 0 Å². The Hall–Kier alpha value is -0.830. The molecule has 2 atom stereocenters. The van der Waals surface area contributed by atoms with Crippen LogP contribution in [0.25, 0.3) is 0 Å². The van der Waals surface area contributed by atoms with Gasteiger partial charge in [-0.15, -0.1) is 0 Å². The van der Waals surface area contributed by atoms with E-state index in [-0.39, 0.29) is 0 Å². The van der Waals surface area contributed by atoms with E-state index in [2.05, 4.69) is 32.7 Å². The first-order chi connectivity index (χ1) is 8.33. The lowest BCUT2D eigenvalue weighted by Gasteiger charge is -2.22. The second-order valence-electron chi connectivity index (χ2n) is 7.19. The van der Waals surface area contributed by atoms with Gasteiger partial charge in [-0.05, 0) is 30.6 Å². The molecule has 0 aromatic carbocycles. The van der Waals surface area contributed by atoms with Gasteiger partial charge in [0.25, 0.3) is 0 Å². The van der Waals surface area contributed by atoms with Gasteiger partial charge < -0.3 is 10.7 Å². The molecule has 0 aliphatic heterocycles. The lowest BCUT2D eigenvalue weighted by atomic mass is 9.84. The second-order valence-corrected chi connectivity index (χ2v) is 7.19. The number of hydrogen-bond donors (Lipinski definition) is 2. The van der Waals surface area contributed by atoms with E-state index in [0.717, 1.165) is 31.5 Å². The van der Waals surface area contributed by atoms with Crippen molar-refractivity contribution in [2.75, 3.05) is 0 Å². The molecule has 1 aromatic rings. The first-order valence-corrected chi connectivity index (χ1v) is 7.16. The maximum atomic E-state index is 6.00. The zero-order valence-corrected chi connectivity index (χ0v) is 12.2. The molecule has 0 spiro atoms. The minimum Gasteiger partial charge on any atom is -0.346 e. The minimum atomic E-state index is 0.317. The van der Waals surface area contributed by atoms with Gasteiger partial charge in [-0.25, -0.2) is 4.98 Å². The van der Waals surface area contributed by atoms with E-state index < -0.39 is 0 Å². The summed E-state index contributed by atoms with van der Waals surface area (Å²) in [5.41, 5.74) is 8.94. The number of H-pyrrole nitrogens is 1. The van der Waals surface area contributed by atoms with E-state index in [1.54, 1.807) is 0 Å². The van der Waals surface area contributed by atoms with Crippen LogP contribution in [0.4, 0.5) is 0 Å². The maximum Gasteiger partial charge on any atom is 0.106 e. The summed E-state index contributed by atoms with van der Waals surface area (Å²) >= 11 is 0. The molecule has 102 valence electrons. The third-order valence-corrected chi connectivity index (χ3v) is 3.63. The molecule has 3 N–H and O–H groups in total. The van der Waals surface area contributed by atoms with Gasteiger partial charge in [0.05, 0.1) is 5.69 Å². The zero-order chi connectivity index (χ0) is 13.3. The monoisotopic (exact) mass is 249 g/mol. The molecule has 2 rings (SSSR count). The highest BCUT2D eigenvalue weighted by Gasteiger charge is 2.21. The molecule has 0 saturated carbocycles. The van der Waals surface area contributed by atoms with Crippen LogP contribution in [0.5, 0.6) is 0 Å². The highest BCUT2D eigenvalue weighted by Crippen LogP contribution is 2.26. The molecule has 3 nitrogen and oxygen atoms in total. The molecule has 0 saturated heterocycles. The van der Waals surface area contributed by atoms with Gasteiger partial charge in [0, 0.05) is 24.6 Å². The summed E-state index contributed by atoms with van der Waals surface area (Å²) in [6.07, 6.45) is 5.38. The summed E-state index contributed by atoms with van der Waals surface area (Å²) in [4.78, 5) is 8.23. The highest BCUT2D eigenvalue weighted by atomic mass is 14.9. The fraction of sp³-hybridized carbons (Fsp3) is 0.800. The van der Waals surface area contributed by atoms with Crippen LogP contribution in [0.2, 0.25) is 0 Å². The van der Waals surface area contributed by atoms with Crippen molar-refractivity contribution in [2.45, 2.75) is 65.8 Å². The van der Waals surface area contributed by atoms with Crippen molar-refractivity contribution >= 4 is 0 Å². The number of nitrogens with zero attached hydrogens (tertiary/aromatic N) is 1. The average molecular weight is 249 g/mol. The van der Waals surface area contributed by atoms with Gasteiger partial charge >= 0.3 is 0 Å². The summed E-state index contributed by atoms with van der Waals surface area (Å²) in [7, 11) is 0. The van der Waals surface area contributed by atoms with E-state index >= 15 is 0 Å². The molecule has 2 unspecified atom stereocenters. The standard InChI is InChI=1S/C15H27N3/c1-10(9-15(2,3)4)7-14-17-12-6-5-11(16)8-13(12)18-14/h10-11H,5-9,16H2,1-4H3,(H,17,18). The Kier molecular flexibility index (Phi) is 3.81. The number of nitrogens with two attached hydrogens (primary N) is 1. The number of imidazole rings is 1. The van der Waals surface area contributed by atoms with E-state index in [4.69, 9.17) is 10.7 Å². The van der Waals surface area contributed by atoms with Crippen LogP contribution in [-0.2, 0) is 19.3 Å². The molecular weight excluding hydrogens is 222 g/mol. The number of rotatable bonds is 3. The Morgan fingerprint density at radius 3 is 2.83 bits per heavy atom. The first-order valence-electron chi connectivity index (χ1n) is 7.16. The van der Waals surface area contributed by atoms with Gasteiger partial charge in [-0.1, -0.05) is 27.7 Å². The average Bonchev–Trinajstić information content (AvgIpc) is 2.55. The summed E-state index contributed by atoms with van der Waals surface area (Å²) in [5, 5.41) is 0. The zero-order valence-electron chi connectivity index (χ0n) is 12.2. The van der Waals surface area contributed by atoms with Crippen LogP contribution in [-0.4, -0.2) is 16.0 Å². The molecular formula is C15H27N3. The van der Waals surface area contributed by atoms with Gasteiger partial charge in [0.1, 0.15) is 5.82 Å². The smallest absolute Gasteiger partial charge is 0.106 e. The predicted molar refractivity (Wildman–Crippen MR) is 75.5 cm³/mol. The maximum absolute atomic E-state index is 6.00. The number of fused-ring (bicyclic) bond motifs is 1. The van der Waals surface area contributed by atoms with Crippen molar-refractivity contribution < 1.29 is 0 Å². The molecule has 1 aliphatic carbocycles. The van der Waals surface area contributed by atoms with E-state index in [0.29, 0.717) is 17.4 Å². The van der Waals surface area contributed by atoms with Crippen molar-refractivity contribution in [2.24, 2.45) is 17.1 Å². The molecule has 18 heavy (non-hydrogen) atoms. The van der Waals surface area contributed by atoms with Crippen molar-refractivity contribution in [1.29, 1.82) is 0 Å². The van der Waals surface area contributed by atoms with E-state index in [1.807, 2.05) is 0 Å². The molecule has 1 aliphatic rings. The second kappa shape index (κ2) is 5.04. The number of aromatic nitrogens is 2. The lowest BCUT2D eigenvalue weighted by Crippen LogP contribution is -2.27. The first kappa shape index (κ1) is 13.6. The summed E-state index contributed by atoms with van der Waals surface area (Å²) < 4.78 is 0. The summed E-state index contributed by atoms with van der Waals surface area (Å²) in [6, 6.07) is 0.317. The Bertz CT molecular complexity index is 400. The SMILES string of the molecule is CC(Cc1nc2c([nH]1)CC(N)CC2)CC(C)(C)C. The van der Waals surface area contributed by atoms with E-state index in [1.165, 1.54) is 17.8 Å². The Morgan fingerprint density at radius 1 is 1.44 bits per heavy atom. The Labute approximate surface area is 111 Å². The van der Waals surface area contributed by atoms with Gasteiger partial charge in [0.2, 0.25) is 0 Å². The van der Waals surface area contributed by atoms with Crippen LogP contribution >= 0.6 is 0 Å². The topological polar surface area (TPSA) is 54.7 Å². The highest BCUT2D eigenvalue weighted by molar-refractivity contribution is 5.19. The summed E-state index contributed by atoms with van der Waals surface area (Å²) in [5.74, 6) is 1.83. The quantitative estimate of drug-likeness (QED) is 0.865. The third kappa shape index (κ3) is 3.58. The predicted octanol–water partition coefficient (Wildman–Crippen LogP) is 2.84. The molecule has 3 heteroatoms. The Morgan fingerprint density at radius 2 is 2.17 bits per heavy atom. The van der Waals surface area contributed by atoms with Crippen LogP contribution in [0.15, 0.2) is 0 Å². The van der Waals surface area contributed by atoms with Gasteiger partial charge in [-0.3, -0.25) is 0 Å². The van der Waals surface area contributed by atoms with Crippen molar-refractivity contribution in [3.63, 3.8) is 0 Å². The van der Waals surface area contributed by atoms with Crippen molar-refractivity contribution in [3.8, 4) is 0 Å². The third-order valence-electron chi connectivity index (χ3n) is 3.63. The van der Waals surface area contributed by atoms with Gasteiger partial charge in [-0.2, -0.15) is 0 Å². The van der Waals surface area contributed by atoms with Crippen LogP contribution in [0.3, 0.4) is 0 Å². The van der Waals surface area contributed by atoms with Crippen LogP contribution in [0.1, 0.15) is 57.7 Å². The Balaban J connectivity index is 1.98. The summed E-state index contributed by atoms with van der Waals surface area (Å²) in [6.45, 7) is 9.22. The van der Waals surface area contributed by atoms with Crippen molar-refractivity contribution in [1.82, 2.24) is 9.97 Å². The fourth-order valence-corrected chi connectivity index (χ4v) is 3.11. The molecule has 0 fully saturated rings. The minimum absolute atomic E-state index is 0.317. The molecule has 1 heterocycles. The molecule has 0 amide bonds. The molecule has 1 aromatic heterocycles. The van der Waals surface area contributed by atoms with Crippen LogP contribution < -0.4 is 5.73 Å². The normalized spacial score (nSPS) is 21.7.